The topological polar surface area (TPSA) is 104 Å². The summed E-state index contributed by atoms with van der Waals surface area (Å²) < 4.78 is 22.4. The second-order valence-corrected chi connectivity index (χ2v) is 7.46. The van der Waals surface area contributed by atoms with Crippen LogP contribution in [0.25, 0.3) is 11.3 Å². The Labute approximate surface area is 190 Å². The lowest BCUT2D eigenvalue weighted by Crippen LogP contribution is -2.40. The first kappa shape index (κ1) is 22.2. The molecular formula is C24H24N2O7. The molecule has 1 unspecified atom stereocenters. The lowest BCUT2D eigenvalue weighted by molar-refractivity contribution is -0.384. The Hall–Kier alpha value is -4.01. The van der Waals surface area contributed by atoms with Gasteiger partial charge in [0.05, 0.1) is 25.7 Å². The fourth-order valence-corrected chi connectivity index (χ4v) is 4.06. The number of nitro benzene ring substituents is 1. The molecule has 1 aromatic heterocycles. The van der Waals surface area contributed by atoms with Crippen LogP contribution in [0.2, 0.25) is 0 Å². The van der Waals surface area contributed by atoms with Crippen molar-refractivity contribution < 1.29 is 28.3 Å². The van der Waals surface area contributed by atoms with Crippen molar-refractivity contribution in [3.63, 3.8) is 0 Å². The summed E-state index contributed by atoms with van der Waals surface area (Å²) in [6, 6.07) is 13.0. The van der Waals surface area contributed by atoms with E-state index >= 15 is 0 Å². The number of methoxy groups -OCH3 is 2. The third-order valence-electron chi connectivity index (χ3n) is 5.63. The highest BCUT2D eigenvalue weighted by atomic mass is 16.6. The zero-order valence-electron chi connectivity index (χ0n) is 18.6. The van der Waals surface area contributed by atoms with Gasteiger partial charge < -0.3 is 18.6 Å². The minimum Gasteiger partial charge on any atom is -0.493 e. The van der Waals surface area contributed by atoms with Gasteiger partial charge in [-0.15, -0.1) is 0 Å². The molecule has 2 aromatic carbocycles. The van der Waals surface area contributed by atoms with Crippen LogP contribution in [0.15, 0.2) is 52.9 Å². The molecule has 172 valence electrons. The molecule has 0 bridgehead atoms. The van der Waals surface area contributed by atoms with Crippen molar-refractivity contribution in [2.24, 2.45) is 0 Å². The number of ether oxygens (including phenoxy) is 3. The van der Waals surface area contributed by atoms with Gasteiger partial charge in [-0.1, -0.05) is 0 Å². The quantitative estimate of drug-likeness (QED) is 0.384. The average Bonchev–Trinajstić information content (AvgIpc) is 3.32. The Kier molecular flexibility index (Phi) is 6.21. The summed E-state index contributed by atoms with van der Waals surface area (Å²) in [6.07, 6.45) is 0.192. The lowest BCUT2D eigenvalue weighted by Gasteiger charge is -2.35. The van der Waals surface area contributed by atoms with E-state index in [1.54, 1.807) is 50.3 Å². The van der Waals surface area contributed by atoms with E-state index < -0.39 is 17.1 Å². The van der Waals surface area contributed by atoms with E-state index in [1.807, 2.05) is 12.1 Å². The van der Waals surface area contributed by atoms with Crippen molar-refractivity contribution in [2.45, 2.75) is 19.4 Å². The van der Waals surface area contributed by atoms with Crippen LogP contribution in [0, 0.1) is 10.1 Å². The van der Waals surface area contributed by atoms with Crippen molar-refractivity contribution in [1.82, 2.24) is 4.90 Å². The largest absolute Gasteiger partial charge is 0.493 e. The Morgan fingerprint density at radius 2 is 1.82 bits per heavy atom. The van der Waals surface area contributed by atoms with Crippen LogP contribution >= 0.6 is 0 Å². The summed E-state index contributed by atoms with van der Waals surface area (Å²) in [5.41, 5.74) is 2.57. The number of carbonyl (C=O) groups excluding carboxylic acids is 1. The number of nitrogens with zero attached hydrogens (tertiary/aromatic N) is 2. The normalized spacial score (nSPS) is 15.0. The van der Waals surface area contributed by atoms with Gasteiger partial charge in [-0.25, -0.2) is 4.79 Å². The molecule has 0 N–H and O–H groups in total. The van der Waals surface area contributed by atoms with Gasteiger partial charge in [0.25, 0.3) is 5.69 Å². The molecular weight excluding hydrogens is 428 g/mol. The van der Waals surface area contributed by atoms with E-state index in [-0.39, 0.29) is 12.3 Å². The van der Waals surface area contributed by atoms with Crippen LogP contribution in [0.4, 0.5) is 10.5 Å². The maximum atomic E-state index is 12.8. The zero-order valence-corrected chi connectivity index (χ0v) is 18.6. The molecule has 0 spiro atoms. The Morgan fingerprint density at radius 3 is 2.45 bits per heavy atom. The van der Waals surface area contributed by atoms with Gasteiger partial charge in [0, 0.05) is 24.2 Å². The first-order valence-electron chi connectivity index (χ1n) is 10.5. The van der Waals surface area contributed by atoms with E-state index in [0.717, 1.165) is 11.1 Å². The third-order valence-corrected chi connectivity index (χ3v) is 5.63. The Morgan fingerprint density at radius 1 is 1.12 bits per heavy atom. The van der Waals surface area contributed by atoms with Gasteiger partial charge in [-0.2, -0.15) is 0 Å². The molecule has 1 atom stereocenters. The van der Waals surface area contributed by atoms with Crippen LogP contribution in [-0.2, 0) is 11.2 Å². The summed E-state index contributed by atoms with van der Waals surface area (Å²) in [4.78, 5) is 24.9. The number of fused-ring (bicyclic) bond motifs is 1. The van der Waals surface area contributed by atoms with Gasteiger partial charge in [0.2, 0.25) is 0 Å². The number of rotatable bonds is 6. The number of nitro groups is 1. The second kappa shape index (κ2) is 9.23. The number of non-ortho nitro benzene ring substituents is 1. The predicted molar refractivity (Wildman–Crippen MR) is 120 cm³/mol. The van der Waals surface area contributed by atoms with Crippen LogP contribution in [0.5, 0.6) is 11.5 Å². The first-order chi connectivity index (χ1) is 16.0. The number of carbonyl (C=O) groups is 1. The summed E-state index contributed by atoms with van der Waals surface area (Å²) in [5.74, 6) is 2.25. The standard InChI is InChI=1S/C24H24N2O7/c1-4-32-24(27)25-12-11-16-13-21(30-2)22(31-3)14-18(16)23(25)20-10-9-19(33-20)15-5-7-17(8-6-15)26(28)29/h5-10,13-14,23H,4,11-12H2,1-3H3. The zero-order chi connectivity index (χ0) is 23.5. The van der Waals surface area contributed by atoms with Crippen molar-refractivity contribution in [3.05, 3.63) is 75.5 Å². The average molecular weight is 452 g/mol. The minimum atomic E-state index is -0.528. The van der Waals surface area contributed by atoms with Crippen molar-refractivity contribution in [3.8, 4) is 22.8 Å². The van der Waals surface area contributed by atoms with Crippen molar-refractivity contribution in [2.75, 3.05) is 27.4 Å². The smallest absolute Gasteiger partial charge is 0.410 e. The summed E-state index contributed by atoms with van der Waals surface area (Å²) in [6.45, 7) is 2.46. The number of furan rings is 1. The summed E-state index contributed by atoms with van der Waals surface area (Å²) in [7, 11) is 3.14. The number of amides is 1. The highest BCUT2D eigenvalue weighted by Crippen LogP contribution is 2.42. The van der Waals surface area contributed by atoms with E-state index in [4.69, 9.17) is 18.6 Å². The Bertz CT molecular complexity index is 1170. The molecule has 1 amide bonds. The fraction of sp³-hybridized carbons (Fsp3) is 0.292. The molecule has 3 aromatic rings. The van der Waals surface area contributed by atoms with Crippen LogP contribution in [0.1, 0.15) is 29.9 Å². The minimum absolute atomic E-state index is 0.00117. The van der Waals surface area contributed by atoms with E-state index in [1.165, 1.54) is 12.1 Å². The molecule has 0 fully saturated rings. The molecule has 4 rings (SSSR count). The molecule has 0 saturated heterocycles. The summed E-state index contributed by atoms with van der Waals surface area (Å²) in [5, 5.41) is 10.9. The van der Waals surface area contributed by atoms with Crippen LogP contribution in [-0.4, -0.2) is 43.3 Å². The summed E-state index contributed by atoms with van der Waals surface area (Å²) >= 11 is 0. The number of hydrogen-bond acceptors (Lipinski definition) is 7. The molecule has 1 aliphatic rings. The maximum absolute atomic E-state index is 12.8. The van der Waals surface area contributed by atoms with Crippen LogP contribution in [0.3, 0.4) is 0 Å². The van der Waals surface area contributed by atoms with E-state index in [0.29, 0.717) is 41.5 Å². The van der Waals surface area contributed by atoms with E-state index in [2.05, 4.69) is 0 Å². The number of benzene rings is 2. The molecule has 2 heterocycles. The predicted octanol–water partition coefficient (Wildman–Crippen LogP) is 4.98. The highest BCUT2D eigenvalue weighted by molar-refractivity contribution is 5.70. The first-order valence-corrected chi connectivity index (χ1v) is 10.5. The SMILES string of the molecule is CCOC(=O)N1CCc2cc(OC)c(OC)cc2C1c1ccc(-c2ccc([N+](=O)[O-])cc2)o1. The van der Waals surface area contributed by atoms with Crippen molar-refractivity contribution in [1.29, 1.82) is 0 Å². The van der Waals surface area contributed by atoms with Crippen LogP contribution < -0.4 is 9.47 Å². The second-order valence-electron chi connectivity index (χ2n) is 7.46. The lowest BCUT2D eigenvalue weighted by atomic mass is 9.90. The highest BCUT2D eigenvalue weighted by Gasteiger charge is 2.36. The van der Waals surface area contributed by atoms with Gasteiger partial charge in [0.1, 0.15) is 17.6 Å². The molecule has 9 heteroatoms. The van der Waals surface area contributed by atoms with Gasteiger partial charge in [-0.3, -0.25) is 15.0 Å². The molecule has 9 nitrogen and oxygen atoms in total. The molecule has 0 saturated carbocycles. The molecule has 33 heavy (non-hydrogen) atoms. The van der Waals surface area contributed by atoms with Gasteiger partial charge in [-0.05, 0) is 60.9 Å². The van der Waals surface area contributed by atoms with Crippen molar-refractivity contribution >= 4 is 11.8 Å². The monoisotopic (exact) mass is 452 g/mol. The number of hydrogen-bond donors (Lipinski definition) is 0. The third kappa shape index (κ3) is 4.21. The van der Waals surface area contributed by atoms with Gasteiger partial charge >= 0.3 is 6.09 Å². The van der Waals surface area contributed by atoms with Gasteiger partial charge in [0.15, 0.2) is 11.5 Å². The maximum Gasteiger partial charge on any atom is 0.410 e. The van der Waals surface area contributed by atoms with E-state index in [9.17, 15) is 14.9 Å². The molecule has 0 radical (unpaired) electrons. The fourth-order valence-electron chi connectivity index (χ4n) is 4.06. The molecule has 1 aliphatic heterocycles. The Balaban J connectivity index is 1.77. The molecule has 0 aliphatic carbocycles.